The van der Waals surface area contributed by atoms with Crippen LogP contribution in [-0.2, 0) is 6.18 Å². The minimum Gasteiger partial charge on any atom is -0.423 e. The molecule has 0 aliphatic rings. The smallest absolute Gasteiger partial charge is 0.423 e. The topological polar surface area (TPSA) is 64.8 Å². The van der Waals surface area contributed by atoms with E-state index in [1.165, 1.54) is 6.07 Å². The predicted octanol–water partition coefficient (Wildman–Crippen LogP) is 1.83. The van der Waals surface area contributed by atoms with Crippen molar-refractivity contribution in [2.45, 2.75) is 6.18 Å². The van der Waals surface area contributed by atoms with Crippen LogP contribution in [0.2, 0.25) is 0 Å². The summed E-state index contributed by atoms with van der Waals surface area (Å²) in [6.07, 6.45) is -3.59. The Kier molecular flexibility index (Phi) is 4.84. The number of hydrogen-bond acceptors (Lipinski definition) is 4. The van der Waals surface area contributed by atoms with Gasteiger partial charge in [0.15, 0.2) is 0 Å². The third-order valence-electron chi connectivity index (χ3n) is 2.85. The van der Waals surface area contributed by atoms with Crippen LogP contribution in [0.5, 0.6) is 0 Å². The molecule has 0 saturated heterocycles. The lowest BCUT2D eigenvalue weighted by Gasteiger charge is -2.12. The predicted molar refractivity (Wildman–Crippen MR) is 78.9 cm³/mol. The van der Waals surface area contributed by atoms with Crippen LogP contribution in [0.15, 0.2) is 53.6 Å². The number of benzene rings is 2. The summed E-state index contributed by atoms with van der Waals surface area (Å²) in [4.78, 5) is 0. The first-order valence-corrected chi connectivity index (χ1v) is 6.29. The Morgan fingerprint density at radius 1 is 1.05 bits per heavy atom. The first-order valence-electron chi connectivity index (χ1n) is 6.29. The highest BCUT2D eigenvalue weighted by Crippen LogP contribution is 2.30. The molecule has 2 aromatic rings. The van der Waals surface area contributed by atoms with E-state index in [4.69, 9.17) is 10.0 Å². The van der Waals surface area contributed by atoms with Crippen LogP contribution in [0.3, 0.4) is 0 Å². The van der Waals surface area contributed by atoms with Crippen LogP contribution >= 0.6 is 0 Å². The molecule has 0 bridgehead atoms. The lowest BCUT2D eigenvalue weighted by atomic mass is 9.79. The molecule has 3 N–H and O–H groups in total. The second kappa shape index (κ2) is 6.63. The molecule has 22 heavy (non-hydrogen) atoms. The molecule has 0 aliphatic heterocycles. The van der Waals surface area contributed by atoms with Crippen molar-refractivity contribution in [1.82, 2.24) is 0 Å². The third kappa shape index (κ3) is 4.09. The fourth-order valence-electron chi connectivity index (χ4n) is 1.78. The zero-order chi connectivity index (χ0) is 16.2. The molecule has 0 saturated carbocycles. The van der Waals surface area contributed by atoms with Gasteiger partial charge in [0.25, 0.3) is 0 Å². The van der Waals surface area contributed by atoms with Crippen LogP contribution < -0.4 is 10.9 Å². The van der Waals surface area contributed by atoms with Gasteiger partial charge in [-0.1, -0.05) is 30.3 Å². The molecule has 0 aromatic heterocycles. The number of alkyl halides is 3. The van der Waals surface area contributed by atoms with E-state index in [-0.39, 0.29) is 11.0 Å². The number of hydrazone groups is 1. The average molecular weight is 308 g/mol. The number of nitrogens with zero attached hydrogens (tertiary/aromatic N) is 1. The molecule has 0 fully saturated rings. The number of hydrogen-bond donors (Lipinski definition) is 3. The maximum absolute atomic E-state index is 13.0. The minimum absolute atomic E-state index is 0.180. The van der Waals surface area contributed by atoms with Crippen molar-refractivity contribution >= 4 is 24.5 Å². The molecule has 0 radical (unpaired) electrons. The van der Waals surface area contributed by atoms with Crippen molar-refractivity contribution in [1.29, 1.82) is 0 Å². The average Bonchev–Trinajstić information content (AvgIpc) is 2.47. The summed E-state index contributed by atoms with van der Waals surface area (Å²) in [6, 6.07) is 11.8. The van der Waals surface area contributed by atoms with Gasteiger partial charge in [-0.3, -0.25) is 5.43 Å². The van der Waals surface area contributed by atoms with Gasteiger partial charge in [0.05, 0.1) is 17.5 Å². The number of para-hydroxylation sites is 1. The number of rotatable bonds is 4. The standard InChI is InChI=1S/C14H12BF3N2O2/c16-14(17,18)13-8-11(15(21)22)7-6-10(13)9-19-20-12-4-2-1-3-5-12/h1-9,20-22H. The molecule has 0 spiro atoms. The summed E-state index contributed by atoms with van der Waals surface area (Å²) >= 11 is 0. The zero-order valence-electron chi connectivity index (χ0n) is 11.2. The van der Waals surface area contributed by atoms with Gasteiger partial charge in [-0.2, -0.15) is 18.3 Å². The largest absolute Gasteiger partial charge is 0.488 e. The first kappa shape index (κ1) is 16.1. The molecule has 114 valence electrons. The summed E-state index contributed by atoms with van der Waals surface area (Å²) in [5.41, 5.74) is 1.84. The lowest BCUT2D eigenvalue weighted by molar-refractivity contribution is -0.137. The Hall–Kier alpha value is -2.32. The van der Waals surface area contributed by atoms with E-state index in [0.717, 1.165) is 12.3 Å². The Morgan fingerprint density at radius 2 is 1.73 bits per heavy atom. The highest BCUT2D eigenvalue weighted by atomic mass is 19.4. The second-order valence-corrected chi connectivity index (χ2v) is 4.45. The molecule has 0 atom stereocenters. The molecular weight excluding hydrogens is 296 g/mol. The van der Waals surface area contributed by atoms with Gasteiger partial charge >= 0.3 is 13.3 Å². The van der Waals surface area contributed by atoms with Gasteiger partial charge in [-0.25, -0.2) is 0 Å². The quantitative estimate of drug-likeness (QED) is 0.459. The van der Waals surface area contributed by atoms with Gasteiger partial charge in [-0.15, -0.1) is 0 Å². The van der Waals surface area contributed by atoms with Crippen molar-refractivity contribution in [3.05, 3.63) is 59.7 Å². The molecule has 4 nitrogen and oxygen atoms in total. The summed E-state index contributed by atoms with van der Waals surface area (Å²) in [7, 11) is -1.96. The second-order valence-electron chi connectivity index (χ2n) is 4.45. The summed E-state index contributed by atoms with van der Waals surface area (Å²) in [5, 5.41) is 21.7. The highest BCUT2D eigenvalue weighted by molar-refractivity contribution is 6.58. The Balaban J connectivity index is 2.26. The van der Waals surface area contributed by atoms with Crippen molar-refractivity contribution in [3.8, 4) is 0 Å². The van der Waals surface area contributed by atoms with Crippen LogP contribution in [0.4, 0.5) is 18.9 Å². The Bertz CT molecular complexity index is 661. The summed E-state index contributed by atoms with van der Waals surface area (Å²) in [5.74, 6) is 0. The molecule has 0 aliphatic carbocycles. The van der Waals surface area contributed by atoms with Gasteiger partial charge in [0.2, 0.25) is 0 Å². The van der Waals surface area contributed by atoms with Crippen molar-refractivity contribution in [3.63, 3.8) is 0 Å². The maximum Gasteiger partial charge on any atom is 0.488 e. The normalized spacial score (nSPS) is 11.7. The van der Waals surface area contributed by atoms with Gasteiger partial charge in [0, 0.05) is 5.56 Å². The van der Waals surface area contributed by atoms with E-state index in [1.54, 1.807) is 30.3 Å². The SMILES string of the molecule is OB(O)c1ccc(C=NNc2ccccc2)c(C(F)(F)F)c1. The molecule has 2 aromatic carbocycles. The zero-order valence-corrected chi connectivity index (χ0v) is 11.2. The Morgan fingerprint density at radius 3 is 2.32 bits per heavy atom. The van der Waals surface area contributed by atoms with Gasteiger partial charge in [-0.05, 0) is 23.7 Å². The van der Waals surface area contributed by atoms with E-state index in [2.05, 4.69) is 10.5 Å². The van der Waals surface area contributed by atoms with E-state index < -0.39 is 18.9 Å². The first-order chi connectivity index (χ1) is 10.4. The fraction of sp³-hybridized carbons (Fsp3) is 0.0714. The van der Waals surface area contributed by atoms with Crippen molar-refractivity contribution < 1.29 is 23.2 Å². The van der Waals surface area contributed by atoms with E-state index in [1.807, 2.05) is 0 Å². The van der Waals surface area contributed by atoms with Crippen LogP contribution in [0.1, 0.15) is 11.1 Å². The van der Waals surface area contributed by atoms with E-state index in [9.17, 15) is 13.2 Å². The summed E-state index contributed by atoms with van der Waals surface area (Å²) < 4.78 is 39.0. The van der Waals surface area contributed by atoms with E-state index in [0.29, 0.717) is 11.8 Å². The number of nitrogens with one attached hydrogen (secondary N) is 1. The molecule has 8 heteroatoms. The lowest BCUT2D eigenvalue weighted by Crippen LogP contribution is -2.31. The monoisotopic (exact) mass is 308 g/mol. The molecule has 0 heterocycles. The maximum atomic E-state index is 13.0. The van der Waals surface area contributed by atoms with E-state index >= 15 is 0 Å². The molecule has 0 amide bonds. The fourth-order valence-corrected chi connectivity index (χ4v) is 1.78. The number of anilines is 1. The highest BCUT2D eigenvalue weighted by Gasteiger charge is 2.34. The van der Waals surface area contributed by atoms with Gasteiger partial charge in [0.1, 0.15) is 0 Å². The number of halogens is 3. The van der Waals surface area contributed by atoms with Crippen molar-refractivity contribution in [2.75, 3.05) is 5.43 Å². The van der Waals surface area contributed by atoms with Crippen LogP contribution in [-0.4, -0.2) is 23.4 Å². The van der Waals surface area contributed by atoms with Gasteiger partial charge < -0.3 is 10.0 Å². The molecular formula is C14H12BF3N2O2. The van der Waals surface area contributed by atoms with Crippen LogP contribution in [0.25, 0.3) is 0 Å². The molecule has 2 rings (SSSR count). The Labute approximate surface area is 125 Å². The van der Waals surface area contributed by atoms with Crippen LogP contribution in [0, 0.1) is 0 Å². The molecule has 0 unspecified atom stereocenters. The van der Waals surface area contributed by atoms with Crippen molar-refractivity contribution in [2.24, 2.45) is 5.10 Å². The third-order valence-corrected chi connectivity index (χ3v) is 2.85. The minimum atomic E-state index is -4.63. The summed E-state index contributed by atoms with van der Waals surface area (Å²) in [6.45, 7) is 0.